The molecule has 0 spiro atoms. The summed E-state index contributed by atoms with van der Waals surface area (Å²) in [4.78, 5) is 14.9. The van der Waals surface area contributed by atoms with Crippen LogP contribution in [0.5, 0.6) is 5.75 Å². The van der Waals surface area contributed by atoms with Gasteiger partial charge in [0.25, 0.3) is 5.69 Å². The van der Waals surface area contributed by atoms with E-state index in [2.05, 4.69) is 10.3 Å². The van der Waals surface area contributed by atoms with E-state index in [0.29, 0.717) is 17.9 Å². The minimum absolute atomic E-state index is 0.0547. The van der Waals surface area contributed by atoms with Crippen molar-refractivity contribution in [2.24, 2.45) is 10.1 Å². The van der Waals surface area contributed by atoms with Gasteiger partial charge in [0.05, 0.1) is 22.8 Å². The summed E-state index contributed by atoms with van der Waals surface area (Å²) in [6.07, 6.45) is 0.789. The number of nitrogen functional groups attached to an aromatic ring is 1. The molecule has 0 saturated carbocycles. The first-order valence-corrected chi connectivity index (χ1v) is 10.00. The topological polar surface area (TPSA) is 163 Å². The van der Waals surface area contributed by atoms with Crippen LogP contribution in [0.3, 0.4) is 0 Å². The molecule has 0 amide bonds. The van der Waals surface area contributed by atoms with E-state index in [1.807, 2.05) is 6.92 Å². The van der Waals surface area contributed by atoms with Crippen LogP contribution in [0.25, 0.3) is 0 Å². The first-order valence-electron chi connectivity index (χ1n) is 8.39. The molecule has 2 aromatic carbocycles. The van der Waals surface area contributed by atoms with Crippen LogP contribution < -0.4 is 20.9 Å². The van der Waals surface area contributed by atoms with E-state index < -0.39 is 26.0 Å². The van der Waals surface area contributed by atoms with Gasteiger partial charge in [-0.2, -0.15) is 0 Å². The molecule has 5 N–H and O–H groups in total. The molecule has 11 heteroatoms. The van der Waals surface area contributed by atoms with Gasteiger partial charge in [0, 0.05) is 11.6 Å². The fourth-order valence-corrected chi connectivity index (χ4v) is 3.64. The first kappa shape index (κ1) is 19.6. The summed E-state index contributed by atoms with van der Waals surface area (Å²) in [5.41, 5.74) is 5.97. The number of nitrogens with two attached hydrogens (primary N) is 2. The zero-order chi connectivity index (χ0) is 20.5. The van der Waals surface area contributed by atoms with E-state index in [-0.39, 0.29) is 22.8 Å². The number of para-hydroxylation sites is 1. The number of fused-ring (bicyclic) bond motifs is 1. The largest absolute Gasteiger partial charge is 0.493 e. The lowest BCUT2D eigenvalue weighted by atomic mass is 10.1. The molecule has 0 saturated heterocycles. The van der Waals surface area contributed by atoms with Crippen LogP contribution in [0.15, 0.2) is 41.4 Å². The van der Waals surface area contributed by atoms with Crippen molar-refractivity contribution >= 4 is 32.9 Å². The summed E-state index contributed by atoms with van der Waals surface area (Å²) < 4.78 is 30.1. The maximum atomic E-state index is 12.2. The van der Waals surface area contributed by atoms with Gasteiger partial charge in [-0.1, -0.05) is 19.1 Å². The molecule has 0 aliphatic carbocycles. The SMILES string of the molecule is CCCOc1ccccc1C1=Nc2cc(N)c([N+](=O)[O-])cc2C(S(N)(=O)=O)N1. The molecular weight excluding hydrogens is 386 g/mol. The Morgan fingerprint density at radius 1 is 1.32 bits per heavy atom. The lowest BCUT2D eigenvalue weighted by Crippen LogP contribution is -2.40. The van der Waals surface area contributed by atoms with Crippen LogP contribution in [0.4, 0.5) is 17.1 Å². The number of hydrogen-bond donors (Lipinski definition) is 3. The average molecular weight is 405 g/mol. The third-order valence-corrected chi connectivity index (χ3v) is 5.12. The predicted octanol–water partition coefficient (Wildman–Crippen LogP) is 1.93. The van der Waals surface area contributed by atoms with Gasteiger partial charge in [-0.25, -0.2) is 18.5 Å². The van der Waals surface area contributed by atoms with Gasteiger partial charge < -0.3 is 15.8 Å². The van der Waals surface area contributed by atoms with Crippen molar-refractivity contribution in [2.45, 2.75) is 18.7 Å². The van der Waals surface area contributed by atoms with Gasteiger partial charge in [-0.3, -0.25) is 10.1 Å². The van der Waals surface area contributed by atoms with Crippen molar-refractivity contribution < 1.29 is 18.1 Å². The van der Waals surface area contributed by atoms with Gasteiger partial charge in [0.15, 0.2) is 5.37 Å². The van der Waals surface area contributed by atoms with Crippen molar-refractivity contribution in [2.75, 3.05) is 12.3 Å². The van der Waals surface area contributed by atoms with Crippen LogP contribution in [-0.4, -0.2) is 25.8 Å². The number of nitro groups is 1. The summed E-state index contributed by atoms with van der Waals surface area (Å²) in [7, 11) is -4.16. The Balaban J connectivity index is 2.18. The first-order chi connectivity index (χ1) is 13.2. The number of primary sulfonamides is 1. The lowest BCUT2D eigenvalue weighted by Gasteiger charge is -2.26. The fraction of sp³-hybridized carbons (Fsp3) is 0.235. The van der Waals surface area contributed by atoms with E-state index in [1.165, 1.54) is 6.07 Å². The Hall–Kier alpha value is -3.18. The van der Waals surface area contributed by atoms with Crippen molar-refractivity contribution in [3.63, 3.8) is 0 Å². The number of benzene rings is 2. The molecular formula is C17H19N5O5S. The van der Waals surface area contributed by atoms with Gasteiger partial charge >= 0.3 is 0 Å². The molecule has 1 aliphatic heterocycles. The molecule has 3 rings (SSSR count). The second kappa shape index (κ2) is 7.44. The maximum Gasteiger partial charge on any atom is 0.292 e. The quantitative estimate of drug-likeness (QED) is 0.375. The summed E-state index contributed by atoms with van der Waals surface area (Å²) in [6, 6.07) is 9.33. The molecule has 28 heavy (non-hydrogen) atoms. The van der Waals surface area contributed by atoms with E-state index in [9.17, 15) is 18.5 Å². The van der Waals surface area contributed by atoms with E-state index in [0.717, 1.165) is 12.5 Å². The normalized spacial score (nSPS) is 15.9. The Bertz CT molecular complexity index is 1070. The highest BCUT2D eigenvalue weighted by Gasteiger charge is 2.34. The predicted molar refractivity (Wildman–Crippen MR) is 105 cm³/mol. The summed E-state index contributed by atoms with van der Waals surface area (Å²) in [5, 5.41) is 17.9. The Morgan fingerprint density at radius 2 is 2.04 bits per heavy atom. The highest BCUT2D eigenvalue weighted by atomic mass is 32.2. The molecule has 0 radical (unpaired) electrons. The number of nitro benzene ring substituents is 1. The number of ether oxygens (including phenoxy) is 1. The van der Waals surface area contributed by atoms with Gasteiger partial charge in [-0.05, 0) is 24.6 Å². The highest BCUT2D eigenvalue weighted by Crippen LogP contribution is 2.39. The van der Waals surface area contributed by atoms with Crippen LogP contribution in [0, 0.1) is 10.1 Å². The molecule has 1 heterocycles. The minimum atomic E-state index is -4.16. The molecule has 148 valence electrons. The fourth-order valence-electron chi connectivity index (χ4n) is 2.83. The third kappa shape index (κ3) is 3.75. The monoisotopic (exact) mass is 405 g/mol. The molecule has 1 unspecified atom stereocenters. The summed E-state index contributed by atoms with van der Waals surface area (Å²) >= 11 is 0. The number of nitrogens with zero attached hydrogens (tertiary/aromatic N) is 2. The Kier molecular flexibility index (Phi) is 5.21. The number of nitrogens with one attached hydrogen (secondary N) is 1. The molecule has 0 bridgehead atoms. The second-order valence-electron chi connectivity index (χ2n) is 6.15. The van der Waals surface area contributed by atoms with Crippen molar-refractivity contribution in [3.05, 3.63) is 57.6 Å². The number of amidine groups is 1. The molecule has 10 nitrogen and oxygen atoms in total. The van der Waals surface area contributed by atoms with Gasteiger partial charge in [0.1, 0.15) is 17.3 Å². The number of rotatable bonds is 6. The standard InChI is InChI=1S/C17H19N5O5S/c1-2-7-27-15-6-4-3-5-10(15)16-20-13-9-12(18)14(22(23)24)8-11(13)17(21-16)28(19,25)26/h3-6,8-9,17H,2,7,18H2,1H3,(H,20,21)(H2,19,25,26). The zero-order valence-corrected chi connectivity index (χ0v) is 15.8. The van der Waals surface area contributed by atoms with Crippen LogP contribution in [-0.2, 0) is 10.0 Å². The molecule has 1 aliphatic rings. The summed E-state index contributed by atoms with van der Waals surface area (Å²) in [5.74, 6) is 0.730. The van der Waals surface area contributed by atoms with Gasteiger partial charge in [0.2, 0.25) is 10.0 Å². The van der Waals surface area contributed by atoms with E-state index in [4.69, 9.17) is 15.6 Å². The van der Waals surface area contributed by atoms with Crippen molar-refractivity contribution in [1.29, 1.82) is 0 Å². The smallest absolute Gasteiger partial charge is 0.292 e. The number of aliphatic imine (C=N–C) groups is 1. The maximum absolute atomic E-state index is 12.2. The number of sulfonamides is 1. The third-order valence-electron chi connectivity index (χ3n) is 4.09. The zero-order valence-electron chi connectivity index (χ0n) is 15.0. The average Bonchev–Trinajstić information content (AvgIpc) is 2.64. The number of hydrogen-bond acceptors (Lipinski definition) is 8. The highest BCUT2D eigenvalue weighted by molar-refractivity contribution is 7.89. The molecule has 1 atom stereocenters. The van der Waals surface area contributed by atoms with Crippen LogP contribution in [0.1, 0.15) is 29.8 Å². The molecule has 0 aromatic heterocycles. The Labute approximate surface area is 161 Å². The minimum Gasteiger partial charge on any atom is -0.493 e. The van der Waals surface area contributed by atoms with Crippen molar-refractivity contribution in [3.8, 4) is 5.75 Å². The van der Waals surface area contributed by atoms with Crippen LogP contribution >= 0.6 is 0 Å². The second-order valence-corrected chi connectivity index (χ2v) is 7.79. The van der Waals surface area contributed by atoms with Gasteiger partial charge in [-0.15, -0.1) is 0 Å². The summed E-state index contributed by atoms with van der Waals surface area (Å²) in [6.45, 7) is 2.43. The van der Waals surface area contributed by atoms with E-state index in [1.54, 1.807) is 24.3 Å². The lowest BCUT2D eigenvalue weighted by molar-refractivity contribution is -0.383. The van der Waals surface area contributed by atoms with E-state index >= 15 is 0 Å². The molecule has 0 fully saturated rings. The molecule has 2 aromatic rings. The van der Waals surface area contributed by atoms with Crippen LogP contribution in [0.2, 0.25) is 0 Å². The Morgan fingerprint density at radius 3 is 2.68 bits per heavy atom. The van der Waals surface area contributed by atoms with Crippen molar-refractivity contribution in [1.82, 2.24) is 5.32 Å². The number of anilines is 1.